The number of carbonyl (C=O) groups is 1. The predicted molar refractivity (Wildman–Crippen MR) is 95.4 cm³/mol. The Morgan fingerprint density at radius 2 is 2.16 bits per heavy atom. The van der Waals surface area contributed by atoms with E-state index in [-0.39, 0.29) is 23.8 Å². The number of aliphatic hydroxyl groups is 1. The Balaban J connectivity index is 1.55. The first-order valence-electron chi connectivity index (χ1n) is 9.24. The number of nitrogens with one attached hydrogen (secondary N) is 1. The van der Waals surface area contributed by atoms with Crippen LogP contribution in [0.3, 0.4) is 0 Å². The van der Waals surface area contributed by atoms with Crippen molar-refractivity contribution in [1.29, 1.82) is 0 Å². The van der Waals surface area contributed by atoms with E-state index in [1.165, 1.54) is 0 Å². The molecule has 2 saturated heterocycles. The minimum absolute atomic E-state index is 0.0291. The molecule has 0 aromatic carbocycles. The molecule has 140 valence electrons. The van der Waals surface area contributed by atoms with Gasteiger partial charge in [0.2, 0.25) is 5.91 Å². The largest absolute Gasteiger partial charge is 0.396 e. The summed E-state index contributed by atoms with van der Waals surface area (Å²) in [6.45, 7) is 8.43. The maximum atomic E-state index is 12.3. The molecule has 0 unspecified atom stereocenters. The molecule has 0 aliphatic carbocycles. The van der Waals surface area contributed by atoms with Crippen molar-refractivity contribution in [3.05, 3.63) is 12.3 Å². The number of carbonyl (C=O) groups excluding carboxylic acids is 1. The number of aromatic nitrogens is 2. The van der Waals surface area contributed by atoms with Crippen molar-refractivity contribution in [2.24, 2.45) is 11.3 Å². The third kappa shape index (κ3) is 4.59. The molecule has 25 heavy (non-hydrogen) atoms. The second kappa shape index (κ2) is 7.85. The molecule has 3 rings (SSSR count). The van der Waals surface area contributed by atoms with Gasteiger partial charge < -0.3 is 20.1 Å². The molecule has 3 heterocycles. The van der Waals surface area contributed by atoms with Gasteiger partial charge in [-0.1, -0.05) is 13.8 Å². The summed E-state index contributed by atoms with van der Waals surface area (Å²) in [6.07, 6.45) is 4.54. The van der Waals surface area contributed by atoms with Crippen molar-refractivity contribution in [1.82, 2.24) is 14.7 Å². The Morgan fingerprint density at radius 3 is 2.80 bits per heavy atom. The monoisotopic (exact) mass is 350 g/mol. The molecule has 2 aliphatic rings. The van der Waals surface area contributed by atoms with Gasteiger partial charge in [-0.3, -0.25) is 4.79 Å². The predicted octanol–water partition coefficient (Wildman–Crippen LogP) is 1.51. The molecule has 2 aliphatic heterocycles. The Hall–Kier alpha value is -1.44. The molecule has 1 amide bonds. The fraction of sp³-hybridized carbons (Fsp3) is 0.778. The van der Waals surface area contributed by atoms with Crippen molar-refractivity contribution in [2.45, 2.75) is 39.2 Å². The first kappa shape index (κ1) is 18.4. The van der Waals surface area contributed by atoms with E-state index in [0.717, 1.165) is 44.7 Å². The van der Waals surface area contributed by atoms with Gasteiger partial charge >= 0.3 is 0 Å². The zero-order chi connectivity index (χ0) is 17.9. The highest BCUT2D eigenvalue weighted by atomic mass is 16.5. The molecule has 1 atom stereocenters. The van der Waals surface area contributed by atoms with Crippen molar-refractivity contribution < 1.29 is 14.6 Å². The van der Waals surface area contributed by atoms with Crippen LogP contribution in [0.25, 0.3) is 0 Å². The maximum Gasteiger partial charge on any atom is 0.231 e. The number of hydrogen-bond acceptors (Lipinski definition) is 5. The lowest BCUT2D eigenvalue weighted by atomic mass is 9.92. The summed E-state index contributed by atoms with van der Waals surface area (Å²) in [5.41, 5.74) is -0.0684. The number of anilines is 1. The zero-order valence-corrected chi connectivity index (χ0v) is 15.3. The minimum Gasteiger partial charge on any atom is -0.396 e. The highest BCUT2D eigenvalue weighted by molar-refractivity contribution is 5.92. The molecule has 7 heteroatoms. The van der Waals surface area contributed by atoms with Gasteiger partial charge in [0.25, 0.3) is 0 Å². The fourth-order valence-corrected chi connectivity index (χ4v) is 3.65. The van der Waals surface area contributed by atoms with Crippen LogP contribution in [0.4, 0.5) is 5.82 Å². The van der Waals surface area contributed by atoms with Gasteiger partial charge in [-0.15, -0.1) is 0 Å². The highest BCUT2D eigenvalue weighted by Gasteiger charge is 2.28. The molecule has 0 bridgehead atoms. The summed E-state index contributed by atoms with van der Waals surface area (Å²) >= 11 is 0. The second-order valence-corrected chi connectivity index (χ2v) is 8.04. The Bertz CT molecular complexity index is 573. The van der Waals surface area contributed by atoms with E-state index in [1.54, 1.807) is 6.20 Å². The Morgan fingerprint density at radius 1 is 1.40 bits per heavy atom. The highest BCUT2D eigenvalue weighted by Crippen LogP contribution is 2.28. The molecule has 0 spiro atoms. The summed E-state index contributed by atoms with van der Waals surface area (Å²) in [5.74, 6) is 0.762. The quantitative estimate of drug-likeness (QED) is 0.813. The topological polar surface area (TPSA) is 79.6 Å². The van der Waals surface area contributed by atoms with Crippen LogP contribution in [-0.4, -0.2) is 65.1 Å². The van der Waals surface area contributed by atoms with Gasteiger partial charge in [-0.25, -0.2) is 4.68 Å². The van der Waals surface area contributed by atoms with Crippen molar-refractivity contribution in [2.75, 3.05) is 44.8 Å². The minimum atomic E-state index is -0.0684. The molecular weight excluding hydrogens is 320 g/mol. The van der Waals surface area contributed by atoms with Crippen molar-refractivity contribution >= 4 is 11.7 Å². The SMILES string of the molecule is CC(C)(CO)CN1CCC(n2nccc2NC(=O)[C@H]2CCOC2)CC1. The lowest BCUT2D eigenvalue weighted by Crippen LogP contribution is -2.42. The summed E-state index contributed by atoms with van der Waals surface area (Å²) in [5, 5.41) is 16.9. The summed E-state index contributed by atoms with van der Waals surface area (Å²) in [7, 11) is 0. The Kier molecular flexibility index (Phi) is 5.76. The third-order valence-electron chi connectivity index (χ3n) is 5.20. The van der Waals surface area contributed by atoms with Gasteiger partial charge in [0.1, 0.15) is 5.82 Å². The van der Waals surface area contributed by atoms with Gasteiger partial charge in [0, 0.05) is 44.3 Å². The number of likely N-dealkylation sites (tertiary alicyclic amines) is 1. The third-order valence-corrected chi connectivity index (χ3v) is 5.20. The maximum absolute atomic E-state index is 12.3. The van der Waals surface area contributed by atoms with E-state index in [1.807, 2.05) is 10.7 Å². The van der Waals surface area contributed by atoms with E-state index >= 15 is 0 Å². The van der Waals surface area contributed by atoms with Crippen molar-refractivity contribution in [3.63, 3.8) is 0 Å². The van der Waals surface area contributed by atoms with Gasteiger partial charge in [0.15, 0.2) is 0 Å². The van der Waals surface area contributed by atoms with Crippen molar-refractivity contribution in [3.8, 4) is 0 Å². The average molecular weight is 350 g/mol. The molecular formula is C18H30N4O3. The van der Waals surface area contributed by atoms with Crippen LogP contribution in [-0.2, 0) is 9.53 Å². The lowest BCUT2D eigenvalue weighted by Gasteiger charge is -2.37. The second-order valence-electron chi connectivity index (χ2n) is 8.04. The van der Waals surface area contributed by atoms with E-state index < -0.39 is 0 Å². The molecule has 1 aromatic heterocycles. The molecule has 7 nitrogen and oxygen atoms in total. The van der Waals surface area contributed by atoms with Gasteiger partial charge in [-0.2, -0.15) is 5.10 Å². The zero-order valence-electron chi connectivity index (χ0n) is 15.3. The standard InChI is InChI=1S/C18H30N4O3/c1-18(2,13-23)12-21-8-4-15(5-9-21)22-16(3-7-19-22)20-17(24)14-6-10-25-11-14/h3,7,14-15,23H,4-6,8-13H2,1-2H3,(H,20,24)/t14-/m0/s1. The molecule has 1 aromatic rings. The van der Waals surface area contributed by atoms with E-state index in [2.05, 4.69) is 29.2 Å². The molecule has 2 N–H and O–H groups in total. The Labute approximate surface area is 149 Å². The van der Waals surface area contributed by atoms with Crippen LogP contribution >= 0.6 is 0 Å². The van der Waals surface area contributed by atoms with Gasteiger partial charge in [-0.05, 0) is 19.3 Å². The fourth-order valence-electron chi connectivity index (χ4n) is 3.65. The van der Waals surface area contributed by atoms with Crippen LogP contribution < -0.4 is 5.32 Å². The van der Waals surface area contributed by atoms with Crippen LogP contribution in [0.2, 0.25) is 0 Å². The van der Waals surface area contributed by atoms with Crippen LogP contribution in [0.15, 0.2) is 12.3 Å². The first-order chi connectivity index (χ1) is 12.0. The molecule has 0 saturated carbocycles. The molecule has 2 fully saturated rings. The van der Waals surface area contributed by atoms with E-state index in [9.17, 15) is 9.90 Å². The van der Waals surface area contributed by atoms with Crippen LogP contribution in [0.1, 0.15) is 39.2 Å². The average Bonchev–Trinajstić information content (AvgIpc) is 3.27. The number of ether oxygens (including phenoxy) is 1. The number of nitrogens with zero attached hydrogens (tertiary/aromatic N) is 3. The first-order valence-corrected chi connectivity index (χ1v) is 9.24. The van der Waals surface area contributed by atoms with E-state index in [0.29, 0.717) is 19.3 Å². The van der Waals surface area contributed by atoms with Crippen LogP contribution in [0.5, 0.6) is 0 Å². The summed E-state index contributed by atoms with van der Waals surface area (Å²) in [6, 6.07) is 2.17. The summed E-state index contributed by atoms with van der Waals surface area (Å²) in [4.78, 5) is 14.7. The smallest absolute Gasteiger partial charge is 0.231 e. The number of piperidine rings is 1. The number of amides is 1. The lowest BCUT2D eigenvalue weighted by molar-refractivity contribution is -0.119. The number of rotatable bonds is 6. The molecule has 0 radical (unpaired) electrons. The summed E-state index contributed by atoms with van der Waals surface area (Å²) < 4.78 is 7.26. The van der Waals surface area contributed by atoms with Gasteiger partial charge in [0.05, 0.1) is 24.8 Å². The number of aliphatic hydroxyl groups excluding tert-OH is 1. The normalized spacial score (nSPS) is 23.1. The van der Waals surface area contributed by atoms with Crippen LogP contribution in [0, 0.1) is 11.3 Å². The number of hydrogen-bond donors (Lipinski definition) is 2. The van der Waals surface area contributed by atoms with E-state index in [4.69, 9.17) is 4.74 Å².